The maximum Gasteiger partial charge on any atom is 0.161 e. The molecule has 0 amide bonds. The first-order valence-electron chi connectivity index (χ1n) is 7.08. The van der Waals surface area contributed by atoms with Crippen LogP contribution in [0.5, 0.6) is 11.5 Å². The molecule has 0 aromatic heterocycles. The van der Waals surface area contributed by atoms with Gasteiger partial charge in [0, 0.05) is 6.54 Å². The summed E-state index contributed by atoms with van der Waals surface area (Å²) in [7, 11) is 0. The second-order valence-corrected chi connectivity index (χ2v) is 5.44. The number of aliphatic hydroxyl groups excluding tert-OH is 1. The first kappa shape index (κ1) is 12.8. The average Bonchev–Trinajstić information content (AvgIpc) is 2.84. The Balaban J connectivity index is 1.50. The van der Waals surface area contributed by atoms with E-state index in [9.17, 15) is 5.11 Å². The standard InChI is InChI=1S/C15H21NO3/c17-13-3-1-11(7-13)9-16-10-12-2-4-14-15(8-12)19-6-5-18-14/h2,4,8,11,13,16-17H,1,3,5-7,9-10H2. The van der Waals surface area contributed by atoms with Crippen LogP contribution in [0.1, 0.15) is 24.8 Å². The van der Waals surface area contributed by atoms with Gasteiger partial charge in [-0.15, -0.1) is 0 Å². The van der Waals surface area contributed by atoms with Crippen molar-refractivity contribution >= 4 is 0 Å². The summed E-state index contributed by atoms with van der Waals surface area (Å²) >= 11 is 0. The Kier molecular flexibility index (Phi) is 3.89. The SMILES string of the molecule is OC1CCC(CNCc2ccc3c(c2)OCCO3)C1. The molecule has 1 aliphatic heterocycles. The van der Waals surface area contributed by atoms with E-state index < -0.39 is 0 Å². The summed E-state index contributed by atoms with van der Waals surface area (Å²) in [5.41, 5.74) is 1.21. The molecule has 4 heteroatoms. The molecule has 0 spiro atoms. The van der Waals surface area contributed by atoms with Crippen molar-refractivity contribution < 1.29 is 14.6 Å². The quantitative estimate of drug-likeness (QED) is 0.868. The molecule has 4 nitrogen and oxygen atoms in total. The third kappa shape index (κ3) is 3.19. The number of hydrogen-bond acceptors (Lipinski definition) is 4. The van der Waals surface area contributed by atoms with Gasteiger partial charge in [-0.2, -0.15) is 0 Å². The van der Waals surface area contributed by atoms with E-state index in [1.54, 1.807) is 0 Å². The van der Waals surface area contributed by atoms with Gasteiger partial charge in [0.15, 0.2) is 11.5 Å². The monoisotopic (exact) mass is 263 g/mol. The van der Waals surface area contributed by atoms with Gasteiger partial charge in [-0.25, -0.2) is 0 Å². The van der Waals surface area contributed by atoms with E-state index in [2.05, 4.69) is 11.4 Å². The minimum atomic E-state index is -0.0823. The van der Waals surface area contributed by atoms with Crippen LogP contribution >= 0.6 is 0 Å². The van der Waals surface area contributed by atoms with Crippen LogP contribution in [0.2, 0.25) is 0 Å². The molecule has 1 aromatic rings. The zero-order chi connectivity index (χ0) is 13.1. The highest BCUT2D eigenvalue weighted by Gasteiger charge is 2.22. The van der Waals surface area contributed by atoms with Crippen molar-refractivity contribution in [2.75, 3.05) is 19.8 Å². The summed E-state index contributed by atoms with van der Waals surface area (Å²) in [4.78, 5) is 0. The van der Waals surface area contributed by atoms with Crippen LogP contribution < -0.4 is 14.8 Å². The van der Waals surface area contributed by atoms with Gasteiger partial charge in [-0.3, -0.25) is 0 Å². The molecule has 104 valence electrons. The number of ether oxygens (including phenoxy) is 2. The number of benzene rings is 1. The van der Waals surface area contributed by atoms with E-state index in [0.29, 0.717) is 19.1 Å². The molecule has 0 saturated heterocycles. The van der Waals surface area contributed by atoms with Crippen molar-refractivity contribution in [3.05, 3.63) is 23.8 Å². The van der Waals surface area contributed by atoms with Crippen LogP contribution in [0.25, 0.3) is 0 Å². The first-order valence-corrected chi connectivity index (χ1v) is 7.08. The molecule has 1 aliphatic carbocycles. The van der Waals surface area contributed by atoms with Crippen molar-refractivity contribution in [3.63, 3.8) is 0 Å². The van der Waals surface area contributed by atoms with Gasteiger partial charge in [0.05, 0.1) is 6.10 Å². The summed E-state index contributed by atoms with van der Waals surface area (Å²) in [6.07, 6.45) is 2.95. The highest BCUT2D eigenvalue weighted by Crippen LogP contribution is 2.30. The summed E-state index contributed by atoms with van der Waals surface area (Å²) < 4.78 is 11.1. The molecule has 0 radical (unpaired) electrons. The molecular weight excluding hydrogens is 242 g/mol. The van der Waals surface area contributed by atoms with E-state index in [1.807, 2.05) is 12.1 Å². The fourth-order valence-corrected chi connectivity index (χ4v) is 2.85. The second kappa shape index (κ2) is 5.80. The third-order valence-electron chi connectivity index (χ3n) is 3.88. The third-order valence-corrected chi connectivity index (χ3v) is 3.88. The molecule has 2 unspecified atom stereocenters. The Labute approximate surface area is 113 Å². The van der Waals surface area contributed by atoms with Gasteiger partial charge in [0.2, 0.25) is 0 Å². The number of nitrogens with one attached hydrogen (secondary N) is 1. The fourth-order valence-electron chi connectivity index (χ4n) is 2.85. The lowest BCUT2D eigenvalue weighted by molar-refractivity contribution is 0.171. The normalized spacial score (nSPS) is 25.5. The summed E-state index contributed by atoms with van der Waals surface area (Å²) in [5, 5.41) is 13.0. The highest BCUT2D eigenvalue weighted by molar-refractivity contribution is 5.43. The Morgan fingerprint density at radius 2 is 2.00 bits per heavy atom. The molecule has 19 heavy (non-hydrogen) atoms. The van der Waals surface area contributed by atoms with Crippen LogP contribution in [-0.2, 0) is 6.54 Å². The van der Waals surface area contributed by atoms with E-state index in [0.717, 1.165) is 43.9 Å². The van der Waals surface area contributed by atoms with Gasteiger partial charge in [0.25, 0.3) is 0 Å². The minimum absolute atomic E-state index is 0.0823. The van der Waals surface area contributed by atoms with Gasteiger partial charge in [-0.05, 0) is 49.4 Å². The molecule has 2 N–H and O–H groups in total. The Bertz CT molecular complexity index is 435. The summed E-state index contributed by atoms with van der Waals surface area (Å²) in [6, 6.07) is 6.10. The number of aliphatic hydroxyl groups is 1. The molecule has 3 rings (SSSR count). The maximum absolute atomic E-state index is 9.49. The van der Waals surface area contributed by atoms with Gasteiger partial charge < -0.3 is 19.9 Å². The first-order chi connectivity index (χ1) is 9.31. The maximum atomic E-state index is 9.49. The highest BCUT2D eigenvalue weighted by atomic mass is 16.6. The van der Waals surface area contributed by atoms with E-state index in [-0.39, 0.29) is 6.10 Å². The van der Waals surface area contributed by atoms with Crippen molar-refractivity contribution in [1.82, 2.24) is 5.32 Å². The molecular formula is C15H21NO3. The molecule has 1 saturated carbocycles. The van der Waals surface area contributed by atoms with Crippen molar-refractivity contribution in [2.45, 2.75) is 31.9 Å². The zero-order valence-corrected chi connectivity index (χ0v) is 11.1. The minimum Gasteiger partial charge on any atom is -0.486 e. The largest absolute Gasteiger partial charge is 0.486 e. The molecule has 1 aromatic carbocycles. The van der Waals surface area contributed by atoms with Crippen LogP contribution in [-0.4, -0.2) is 31.0 Å². The lowest BCUT2D eigenvalue weighted by Gasteiger charge is -2.19. The number of hydrogen-bond donors (Lipinski definition) is 2. The molecule has 1 heterocycles. The summed E-state index contributed by atoms with van der Waals surface area (Å²) in [5.74, 6) is 2.31. The van der Waals surface area contributed by atoms with Crippen molar-refractivity contribution in [2.24, 2.45) is 5.92 Å². The van der Waals surface area contributed by atoms with Crippen LogP contribution in [0.15, 0.2) is 18.2 Å². The average molecular weight is 263 g/mol. The molecule has 2 aliphatic rings. The van der Waals surface area contributed by atoms with Gasteiger partial charge in [0.1, 0.15) is 13.2 Å². The number of fused-ring (bicyclic) bond motifs is 1. The Morgan fingerprint density at radius 1 is 1.16 bits per heavy atom. The fraction of sp³-hybridized carbons (Fsp3) is 0.600. The van der Waals surface area contributed by atoms with E-state index >= 15 is 0 Å². The van der Waals surface area contributed by atoms with Gasteiger partial charge in [-0.1, -0.05) is 6.07 Å². The number of rotatable bonds is 4. The van der Waals surface area contributed by atoms with Crippen LogP contribution in [0.3, 0.4) is 0 Å². The Hall–Kier alpha value is -1.26. The molecule has 1 fully saturated rings. The van der Waals surface area contributed by atoms with Crippen LogP contribution in [0, 0.1) is 5.92 Å². The predicted molar refractivity (Wildman–Crippen MR) is 72.5 cm³/mol. The molecule has 0 bridgehead atoms. The summed E-state index contributed by atoms with van der Waals surface area (Å²) in [6.45, 7) is 3.08. The molecule has 2 atom stereocenters. The van der Waals surface area contributed by atoms with Crippen molar-refractivity contribution in [3.8, 4) is 11.5 Å². The predicted octanol–water partition coefficient (Wildman–Crippen LogP) is 1.71. The Morgan fingerprint density at radius 3 is 2.79 bits per heavy atom. The van der Waals surface area contributed by atoms with Gasteiger partial charge >= 0.3 is 0 Å². The second-order valence-electron chi connectivity index (χ2n) is 5.44. The topological polar surface area (TPSA) is 50.7 Å². The lowest BCUT2D eigenvalue weighted by atomic mass is 10.1. The zero-order valence-electron chi connectivity index (χ0n) is 11.1. The van der Waals surface area contributed by atoms with Crippen molar-refractivity contribution in [1.29, 1.82) is 0 Å². The van der Waals surface area contributed by atoms with E-state index in [4.69, 9.17) is 9.47 Å². The lowest BCUT2D eigenvalue weighted by Crippen LogP contribution is -2.21. The smallest absolute Gasteiger partial charge is 0.161 e. The van der Waals surface area contributed by atoms with E-state index in [1.165, 1.54) is 5.56 Å². The van der Waals surface area contributed by atoms with Crippen LogP contribution in [0.4, 0.5) is 0 Å².